The van der Waals surface area contributed by atoms with Crippen LogP contribution in [0.25, 0.3) is 0 Å². The van der Waals surface area contributed by atoms with Crippen molar-refractivity contribution in [2.24, 2.45) is 0 Å². The summed E-state index contributed by atoms with van der Waals surface area (Å²) in [6.07, 6.45) is 3.89. The molecule has 0 aliphatic carbocycles. The summed E-state index contributed by atoms with van der Waals surface area (Å²) in [4.78, 5) is 3.95. The van der Waals surface area contributed by atoms with E-state index in [-0.39, 0.29) is 6.10 Å². The average Bonchev–Trinajstić information content (AvgIpc) is 2.17. The highest BCUT2D eigenvalue weighted by atomic mass is 16.5. The van der Waals surface area contributed by atoms with Crippen LogP contribution in [0.4, 0.5) is 5.82 Å². The van der Waals surface area contributed by atoms with Crippen LogP contribution in [0.5, 0.6) is 5.75 Å². The molecule has 0 atom stereocenters. The Balaban J connectivity index is 2.67. The number of anilines is 1. The molecule has 72 valence electrons. The van der Waals surface area contributed by atoms with Crippen LogP contribution in [0, 0.1) is 0 Å². The van der Waals surface area contributed by atoms with E-state index in [1.807, 2.05) is 12.1 Å². The standard InChI is InChI=1S/C10H16N2O/c1-3-8(4-2)13-9-6-5-7-12-10(9)11/h5-8H,3-4H2,1-2H3,(H2,11,12). The quantitative estimate of drug-likeness (QED) is 0.773. The van der Waals surface area contributed by atoms with E-state index in [9.17, 15) is 0 Å². The molecule has 0 aliphatic rings. The topological polar surface area (TPSA) is 48.1 Å². The lowest BCUT2D eigenvalue weighted by molar-refractivity contribution is 0.193. The molecule has 13 heavy (non-hydrogen) atoms. The van der Waals surface area contributed by atoms with E-state index in [1.54, 1.807) is 6.20 Å². The van der Waals surface area contributed by atoms with Crippen molar-refractivity contribution >= 4 is 5.82 Å². The maximum atomic E-state index is 5.66. The first-order valence-corrected chi connectivity index (χ1v) is 4.65. The van der Waals surface area contributed by atoms with Gasteiger partial charge in [0, 0.05) is 6.20 Å². The van der Waals surface area contributed by atoms with E-state index in [0.717, 1.165) is 12.8 Å². The van der Waals surface area contributed by atoms with Crippen molar-refractivity contribution in [1.82, 2.24) is 4.98 Å². The van der Waals surface area contributed by atoms with Crippen molar-refractivity contribution in [3.8, 4) is 5.75 Å². The predicted octanol–water partition coefficient (Wildman–Crippen LogP) is 2.23. The molecule has 0 saturated carbocycles. The van der Waals surface area contributed by atoms with Crippen molar-refractivity contribution < 1.29 is 4.74 Å². The molecule has 0 aliphatic heterocycles. The van der Waals surface area contributed by atoms with Gasteiger partial charge >= 0.3 is 0 Å². The summed E-state index contributed by atoms with van der Waals surface area (Å²) < 4.78 is 5.66. The molecular formula is C10H16N2O. The van der Waals surface area contributed by atoms with E-state index in [4.69, 9.17) is 10.5 Å². The van der Waals surface area contributed by atoms with E-state index in [0.29, 0.717) is 11.6 Å². The molecule has 2 N–H and O–H groups in total. The maximum absolute atomic E-state index is 5.66. The molecule has 0 amide bonds. The van der Waals surface area contributed by atoms with Crippen molar-refractivity contribution in [1.29, 1.82) is 0 Å². The lowest BCUT2D eigenvalue weighted by atomic mass is 10.2. The fourth-order valence-electron chi connectivity index (χ4n) is 1.14. The Labute approximate surface area is 78.9 Å². The van der Waals surface area contributed by atoms with Crippen molar-refractivity contribution in [3.05, 3.63) is 18.3 Å². The first-order chi connectivity index (χ1) is 6.27. The number of nitrogens with zero attached hydrogens (tertiary/aromatic N) is 1. The molecule has 0 bridgehead atoms. The number of nitrogen functional groups attached to an aromatic ring is 1. The third-order valence-corrected chi connectivity index (χ3v) is 2.00. The third-order valence-electron chi connectivity index (χ3n) is 2.00. The number of hydrogen-bond donors (Lipinski definition) is 1. The SMILES string of the molecule is CCC(CC)Oc1cccnc1N. The average molecular weight is 180 g/mol. The lowest BCUT2D eigenvalue weighted by Gasteiger charge is -2.15. The predicted molar refractivity (Wildman–Crippen MR) is 53.6 cm³/mol. The zero-order valence-electron chi connectivity index (χ0n) is 8.16. The molecule has 0 aromatic carbocycles. The molecular weight excluding hydrogens is 164 g/mol. The number of hydrogen-bond acceptors (Lipinski definition) is 3. The monoisotopic (exact) mass is 180 g/mol. The Morgan fingerprint density at radius 2 is 2.15 bits per heavy atom. The summed E-state index contributed by atoms with van der Waals surface area (Å²) >= 11 is 0. The Kier molecular flexibility index (Phi) is 3.55. The number of pyridine rings is 1. The summed E-state index contributed by atoms with van der Waals surface area (Å²) in [5.41, 5.74) is 5.64. The van der Waals surface area contributed by atoms with Gasteiger partial charge in [0.15, 0.2) is 11.6 Å². The smallest absolute Gasteiger partial charge is 0.166 e. The first-order valence-electron chi connectivity index (χ1n) is 4.65. The molecule has 0 unspecified atom stereocenters. The highest BCUT2D eigenvalue weighted by Crippen LogP contribution is 2.20. The minimum atomic E-state index is 0.242. The number of ether oxygens (including phenoxy) is 1. The van der Waals surface area contributed by atoms with E-state index in [1.165, 1.54) is 0 Å². The first kappa shape index (κ1) is 9.84. The zero-order chi connectivity index (χ0) is 9.68. The van der Waals surface area contributed by atoms with Crippen LogP contribution in [0.2, 0.25) is 0 Å². The van der Waals surface area contributed by atoms with Gasteiger partial charge in [0.05, 0.1) is 6.10 Å². The number of rotatable bonds is 4. The van der Waals surface area contributed by atoms with Gasteiger partial charge in [-0.2, -0.15) is 0 Å². The molecule has 3 nitrogen and oxygen atoms in total. The Morgan fingerprint density at radius 3 is 2.69 bits per heavy atom. The molecule has 3 heteroatoms. The second-order valence-corrected chi connectivity index (χ2v) is 2.94. The van der Waals surface area contributed by atoms with E-state index in [2.05, 4.69) is 18.8 Å². The molecule has 1 aromatic rings. The van der Waals surface area contributed by atoms with Gasteiger partial charge in [-0.1, -0.05) is 13.8 Å². The van der Waals surface area contributed by atoms with Crippen LogP contribution in [-0.4, -0.2) is 11.1 Å². The van der Waals surface area contributed by atoms with Crippen molar-refractivity contribution in [2.45, 2.75) is 32.8 Å². The Hall–Kier alpha value is -1.25. The minimum absolute atomic E-state index is 0.242. The van der Waals surface area contributed by atoms with E-state index < -0.39 is 0 Å². The second kappa shape index (κ2) is 4.70. The Bertz CT molecular complexity index is 259. The van der Waals surface area contributed by atoms with Gasteiger partial charge in [-0.15, -0.1) is 0 Å². The van der Waals surface area contributed by atoms with Gasteiger partial charge in [-0.25, -0.2) is 4.98 Å². The second-order valence-electron chi connectivity index (χ2n) is 2.94. The van der Waals surface area contributed by atoms with Crippen LogP contribution < -0.4 is 10.5 Å². The molecule has 0 fully saturated rings. The number of nitrogens with two attached hydrogens (primary N) is 1. The molecule has 0 saturated heterocycles. The van der Waals surface area contributed by atoms with Crippen LogP contribution in [0.3, 0.4) is 0 Å². The molecule has 0 spiro atoms. The van der Waals surface area contributed by atoms with Gasteiger partial charge in [0.1, 0.15) is 0 Å². The van der Waals surface area contributed by atoms with Gasteiger partial charge in [-0.3, -0.25) is 0 Å². The van der Waals surface area contributed by atoms with Gasteiger partial charge < -0.3 is 10.5 Å². The van der Waals surface area contributed by atoms with Crippen LogP contribution >= 0.6 is 0 Å². The lowest BCUT2D eigenvalue weighted by Crippen LogP contribution is -2.14. The summed E-state index contributed by atoms with van der Waals surface area (Å²) in [5, 5.41) is 0. The normalized spacial score (nSPS) is 10.4. The van der Waals surface area contributed by atoms with Crippen molar-refractivity contribution in [2.75, 3.05) is 5.73 Å². The van der Waals surface area contributed by atoms with Crippen LogP contribution in [0.1, 0.15) is 26.7 Å². The molecule has 1 aromatic heterocycles. The van der Waals surface area contributed by atoms with Gasteiger partial charge in [-0.05, 0) is 25.0 Å². The maximum Gasteiger partial charge on any atom is 0.166 e. The summed E-state index contributed by atoms with van der Waals surface area (Å²) in [7, 11) is 0. The molecule has 0 radical (unpaired) electrons. The summed E-state index contributed by atoms with van der Waals surface area (Å²) in [6, 6.07) is 3.68. The van der Waals surface area contributed by atoms with Gasteiger partial charge in [0.25, 0.3) is 0 Å². The van der Waals surface area contributed by atoms with E-state index >= 15 is 0 Å². The summed E-state index contributed by atoms with van der Waals surface area (Å²) in [5.74, 6) is 1.16. The van der Waals surface area contributed by atoms with Gasteiger partial charge in [0.2, 0.25) is 0 Å². The minimum Gasteiger partial charge on any atom is -0.487 e. The third kappa shape index (κ3) is 2.61. The Morgan fingerprint density at radius 1 is 1.46 bits per heavy atom. The summed E-state index contributed by atoms with van der Waals surface area (Å²) in [6.45, 7) is 4.20. The van der Waals surface area contributed by atoms with Crippen LogP contribution in [-0.2, 0) is 0 Å². The van der Waals surface area contributed by atoms with Crippen molar-refractivity contribution in [3.63, 3.8) is 0 Å². The fourth-order valence-corrected chi connectivity index (χ4v) is 1.14. The highest BCUT2D eigenvalue weighted by Gasteiger charge is 2.07. The van der Waals surface area contributed by atoms with Crippen LogP contribution in [0.15, 0.2) is 18.3 Å². The highest BCUT2D eigenvalue weighted by molar-refractivity contribution is 5.44. The molecule has 1 heterocycles. The zero-order valence-corrected chi connectivity index (χ0v) is 8.16. The fraction of sp³-hybridized carbons (Fsp3) is 0.500. The molecule has 1 rings (SSSR count). The number of aromatic nitrogens is 1. The largest absolute Gasteiger partial charge is 0.487 e.